The van der Waals surface area contributed by atoms with Crippen molar-refractivity contribution in [1.29, 1.82) is 0 Å². The van der Waals surface area contributed by atoms with Crippen LogP contribution in [0.4, 0.5) is 11.4 Å². The largest absolute Gasteiger partial charge is 0.492 e. The third-order valence-electron chi connectivity index (χ3n) is 6.82. The van der Waals surface area contributed by atoms with Crippen LogP contribution in [0.3, 0.4) is 0 Å². The second-order valence-electron chi connectivity index (χ2n) is 9.69. The van der Waals surface area contributed by atoms with E-state index >= 15 is 0 Å². The summed E-state index contributed by atoms with van der Waals surface area (Å²) in [6.45, 7) is 5.36. The van der Waals surface area contributed by atoms with Crippen LogP contribution in [-0.4, -0.2) is 56.9 Å². The number of aryl methyl sites for hydroxylation is 1. The molecule has 0 aromatic heterocycles. The van der Waals surface area contributed by atoms with Crippen molar-refractivity contribution in [3.63, 3.8) is 0 Å². The molecule has 2 aliphatic heterocycles. The first-order valence-electron chi connectivity index (χ1n) is 13.0. The Bertz CT molecular complexity index is 1480. The fourth-order valence-electron chi connectivity index (χ4n) is 4.74. The highest BCUT2D eigenvalue weighted by atomic mass is 32.2. The van der Waals surface area contributed by atoms with Crippen molar-refractivity contribution in [2.24, 2.45) is 0 Å². The van der Waals surface area contributed by atoms with Crippen LogP contribution in [0.25, 0.3) is 0 Å². The molecule has 204 valence electrons. The number of anilines is 2. The third-order valence-corrected chi connectivity index (χ3v) is 8.73. The molecule has 3 aromatic carbocycles. The van der Waals surface area contributed by atoms with Crippen LogP contribution in [0, 0.1) is 6.92 Å². The minimum Gasteiger partial charge on any atom is -0.492 e. The van der Waals surface area contributed by atoms with Crippen LogP contribution >= 0.6 is 0 Å². The van der Waals surface area contributed by atoms with E-state index in [4.69, 9.17) is 9.47 Å². The summed E-state index contributed by atoms with van der Waals surface area (Å²) in [5.41, 5.74) is 2.50. The maximum absolute atomic E-state index is 12.9. The number of sulfonamides is 1. The maximum atomic E-state index is 12.9. The molecule has 1 fully saturated rings. The van der Waals surface area contributed by atoms with Crippen molar-refractivity contribution in [3.05, 3.63) is 77.9 Å². The number of amides is 2. The zero-order chi connectivity index (χ0) is 27.6. The predicted octanol–water partition coefficient (Wildman–Crippen LogP) is 4.22. The van der Waals surface area contributed by atoms with Gasteiger partial charge in [0.1, 0.15) is 18.1 Å². The Kier molecular flexibility index (Phi) is 7.58. The average molecular weight is 550 g/mol. The first-order valence-corrected chi connectivity index (χ1v) is 14.4. The van der Waals surface area contributed by atoms with E-state index in [0.29, 0.717) is 48.9 Å². The fraction of sp³-hybridized carbons (Fsp3) is 0.310. The van der Waals surface area contributed by atoms with Gasteiger partial charge >= 0.3 is 0 Å². The molecule has 0 saturated carbocycles. The lowest BCUT2D eigenvalue weighted by Gasteiger charge is -2.33. The topological polar surface area (TPSA) is 105 Å². The van der Waals surface area contributed by atoms with Crippen LogP contribution < -0.4 is 19.7 Å². The predicted molar refractivity (Wildman–Crippen MR) is 148 cm³/mol. The molecule has 1 unspecified atom stereocenters. The number of rotatable bonds is 8. The van der Waals surface area contributed by atoms with E-state index in [0.717, 1.165) is 24.2 Å². The zero-order valence-corrected chi connectivity index (χ0v) is 22.7. The van der Waals surface area contributed by atoms with Gasteiger partial charge in [-0.05, 0) is 80.8 Å². The third kappa shape index (κ3) is 5.76. The summed E-state index contributed by atoms with van der Waals surface area (Å²) in [4.78, 5) is 27.5. The SMILES string of the molecule is Cc1cccc(OCCN2C(=O)C(C)Oc3cc(NC(=O)c4ccc(S(=O)(=O)N5CCCC5)cc4)ccc32)c1. The van der Waals surface area contributed by atoms with Crippen molar-refractivity contribution < 1.29 is 27.5 Å². The lowest BCUT2D eigenvalue weighted by atomic mass is 10.1. The molecule has 0 spiro atoms. The second kappa shape index (κ2) is 11.1. The number of carbonyl (C=O) groups excluding carboxylic acids is 2. The summed E-state index contributed by atoms with van der Waals surface area (Å²) in [5, 5.41) is 2.83. The summed E-state index contributed by atoms with van der Waals surface area (Å²) >= 11 is 0. The van der Waals surface area contributed by atoms with Crippen LogP contribution in [-0.2, 0) is 14.8 Å². The molecule has 1 N–H and O–H groups in total. The number of benzene rings is 3. The summed E-state index contributed by atoms with van der Waals surface area (Å²) in [6, 6.07) is 18.8. The molecule has 2 amide bonds. The van der Waals surface area contributed by atoms with Gasteiger partial charge in [-0.2, -0.15) is 4.31 Å². The van der Waals surface area contributed by atoms with Gasteiger partial charge in [0, 0.05) is 30.4 Å². The molecule has 0 aliphatic carbocycles. The van der Waals surface area contributed by atoms with Gasteiger partial charge in [0.15, 0.2) is 6.10 Å². The highest BCUT2D eigenvalue weighted by Crippen LogP contribution is 2.36. The Morgan fingerprint density at radius 2 is 1.79 bits per heavy atom. The molecule has 9 nitrogen and oxygen atoms in total. The number of nitrogens with one attached hydrogen (secondary N) is 1. The highest BCUT2D eigenvalue weighted by molar-refractivity contribution is 7.89. The van der Waals surface area contributed by atoms with E-state index in [2.05, 4.69) is 5.32 Å². The van der Waals surface area contributed by atoms with E-state index in [-0.39, 0.29) is 16.7 Å². The minimum atomic E-state index is -3.55. The van der Waals surface area contributed by atoms with Gasteiger partial charge in [0.2, 0.25) is 10.0 Å². The van der Waals surface area contributed by atoms with E-state index in [1.54, 1.807) is 30.0 Å². The van der Waals surface area contributed by atoms with Crippen LogP contribution in [0.1, 0.15) is 35.7 Å². The monoisotopic (exact) mass is 549 g/mol. The molecule has 1 saturated heterocycles. The Hall–Kier alpha value is -3.89. The van der Waals surface area contributed by atoms with Crippen molar-refractivity contribution in [1.82, 2.24) is 4.31 Å². The number of carbonyl (C=O) groups is 2. The molecule has 2 heterocycles. The molecular weight excluding hydrogens is 518 g/mol. The van der Waals surface area contributed by atoms with Crippen LogP contribution in [0.15, 0.2) is 71.6 Å². The van der Waals surface area contributed by atoms with Crippen molar-refractivity contribution >= 4 is 33.2 Å². The smallest absolute Gasteiger partial charge is 0.267 e. The van der Waals surface area contributed by atoms with E-state index < -0.39 is 16.1 Å². The Labute approximate surface area is 228 Å². The van der Waals surface area contributed by atoms with Gasteiger partial charge in [0.05, 0.1) is 17.1 Å². The summed E-state index contributed by atoms with van der Waals surface area (Å²) < 4.78 is 38.6. The lowest BCUT2D eigenvalue weighted by Crippen LogP contribution is -2.46. The van der Waals surface area contributed by atoms with Gasteiger partial charge < -0.3 is 19.7 Å². The molecule has 0 bridgehead atoms. The average Bonchev–Trinajstić information content (AvgIpc) is 3.47. The molecule has 39 heavy (non-hydrogen) atoms. The van der Waals surface area contributed by atoms with Crippen molar-refractivity contribution in [2.45, 2.75) is 37.7 Å². The second-order valence-corrected chi connectivity index (χ2v) is 11.6. The number of hydrogen-bond acceptors (Lipinski definition) is 6. The molecular formula is C29H31N3O6S. The Morgan fingerprint density at radius 1 is 1.05 bits per heavy atom. The lowest BCUT2D eigenvalue weighted by molar-refractivity contribution is -0.125. The Morgan fingerprint density at radius 3 is 2.51 bits per heavy atom. The van der Waals surface area contributed by atoms with Gasteiger partial charge in [-0.15, -0.1) is 0 Å². The first-order chi connectivity index (χ1) is 18.7. The Balaban J connectivity index is 1.26. The highest BCUT2D eigenvalue weighted by Gasteiger charge is 2.32. The number of fused-ring (bicyclic) bond motifs is 1. The van der Waals surface area contributed by atoms with Gasteiger partial charge in [-0.25, -0.2) is 8.42 Å². The quantitative estimate of drug-likeness (QED) is 0.451. The van der Waals surface area contributed by atoms with Gasteiger partial charge in [-0.3, -0.25) is 9.59 Å². The molecule has 2 aliphatic rings. The molecule has 5 rings (SSSR count). The van der Waals surface area contributed by atoms with E-state index in [1.165, 1.54) is 28.6 Å². The summed E-state index contributed by atoms with van der Waals surface area (Å²) in [6.07, 6.45) is 1.03. The normalized spacial score (nSPS) is 17.4. The van der Waals surface area contributed by atoms with Gasteiger partial charge in [0.25, 0.3) is 11.8 Å². The maximum Gasteiger partial charge on any atom is 0.267 e. The minimum absolute atomic E-state index is 0.170. The fourth-order valence-corrected chi connectivity index (χ4v) is 6.26. The summed E-state index contributed by atoms with van der Waals surface area (Å²) in [7, 11) is -3.55. The molecule has 1 atom stereocenters. The standard InChI is InChI=1S/C29H31N3O6S/c1-20-6-5-7-24(18-20)37-17-16-32-26-13-10-23(19-27(26)38-21(2)29(32)34)30-28(33)22-8-11-25(12-9-22)39(35,36)31-14-3-4-15-31/h5-13,18-19,21H,3-4,14-17H2,1-2H3,(H,30,33). The number of ether oxygens (including phenoxy) is 2. The van der Waals surface area contributed by atoms with Crippen molar-refractivity contribution in [3.8, 4) is 11.5 Å². The summed E-state index contributed by atoms with van der Waals surface area (Å²) in [5.74, 6) is 0.658. The zero-order valence-electron chi connectivity index (χ0n) is 21.9. The number of hydrogen-bond donors (Lipinski definition) is 1. The molecule has 3 aromatic rings. The van der Waals surface area contributed by atoms with Gasteiger partial charge in [-0.1, -0.05) is 12.1 Å². The molecule has 10 heteroatoms. The van der Waals surface area contributed by atoms with Crippen molar-refractivity contribution in [2.75, 3.05) is 36.5 Å². The van der Waals surface area contributed by atoms with E-state index in [9.17, 15) is 18.0 Å². The molecule has 0 radical (unpaired) electrons. The van der Waals surface area contributed by atoms with E-state index in [1.807, 2.05) is 31.2 Å². The number of nitrogens with zero attached hydrogens (tertiary/aromatic N) is 2. The van der Waals surface area contributed by atoms with Crippen LogP contribution in [0.5, 0.6) is 11.5 Å². The van der Waals surface area contributed by atoms with Crippen LogP contribution in [0.2, 0.25) is 0 Å². The first kappa shape index (κ1) is 26.7.